The van der Waals surface area contributed by atoms with Crippen LogP contribution in [0, 0.1) is 11.7 Å². The number of benzene rings is 1. The first-order valence-electron chi connectivity index (χ1n) is 6.77. The molecule has 0 radical (unpaired) electrons. The lowest BCUT2D eigenvalue weighted by molar-refractivity contribution is 0.391. The monoisotopic (exact) mass is 315 g/mol. The summed E-state index contributed by atoms with van der Waals surface area (Å²) in [5.74, 6) is 0.465. The Balaban J connectivity index is 2.90. The molecule has 0 spiro atoms. The van der Waals surface area contributed by atoms with Crippen molar-refractivity contribution in [3.05, 3.63) is 34.1 Å². The normalized spacial score (nSPS) is 14.5. The summed E-state index contributed by atoms with van der Waals surface area (Å²) >= 11 is 3.26. The van der Waals surface area contributed by atoms with Gasteiger partial charge in [0.25, 0.3) is 0 Å². The molecule has 3 heteroatoms. The molecule has 0 heterocycles. The Morgan fingerprint density at radius 2 is 2.06 bits per heavy atom. The minimum absolute atomic E-state index is 0.109. The van der Waals surface area contributed by atoms with E-state index >= 15 is 0 Å². The van der Waals surface area contributed by atoms with E-state index in [2.05, 4.69) is 42.0 Å². The Hall–Kier alpha value is -0.410. The second-order valence-corrected chi connectivity index (χ2v) is 5.75. The van der Waals surface area contributed by atoms with Gasteiger partial charge in [0.2, 0.25) is 0 Å². The Morgan fingerprint density at radius 1 is 1.33 bits per heavy atom. The molecule has 0 aromatic heterocycles. The molecule has 0 saturated heterocycles. The van der Waals surface area contributed by atoms with Crippen molar-refractivity contribution < 1.29 is 4.39 Å². The van der Waals surface area contributed by atoms with E-state index in [0.717, 1.165) is 31.4 Å². The number of halogens is 2. The molecule has 2 unspecified atom stereocenters. The van der Waals surface area contributed by atoms with Crippen molar-refractivity contribution in [2.24, 2.45) is 5.92 Å². The van der Waals surface area contributed by atoms with Crippen LogP contribution in [0.5, 0.6) is 0 Å². The highest BCUT2D eigenvalue weighted by atomic mass is 79.9. The van der Waals surface area contributed by atoms with E-state index in [0.29, 0.717) is 10.4 Å². The van der Waals surface area contributed by atoms with Crippen molar-refractivity contribution in [3.8, 4) is 0 Å². The van der Waals surface area contributed by atoms with E-state index in [9.17, 15) is 4.39 Å². The molecule has 18 heavy (non-hydrogen) atoms. The van der Waals surface area contributed by atoms with Crippen molar-refractivity contribution in [2.45, 2.75) is 46.1 Å². The maximum absolute atomic E-state index is 14.1. The summed E-state index contributed by atoms with van der Waals surface area (Å²) in [5, 5.41) is 3.46. The van der Waals surface area contributed by atoms with E-state index in [-0.39, 0.29) is 11.9 Å². The second-order valence-electron chi connectivity index (χ2n) is 4.90. The van der Waals surface area contributed by atoms with Gasteiger partial charge in [-0.15, -0.1) is 0 Å². The van der Waals surface area contributed by atoms with Gasteiger partial charge in [-0.05, 0) is 47.3 Å². The van der Waals surface area contributed by atoms with E-state index < -0.39 is 0 Å². The zero-order chi connectivity index (χ0) is 13.5. The van der Waals surface area contributed by atoms with Crippen molar-refractivity contribution in [3.63, 3.8) is 0 Å². The SMILES string of the molecule is CCCNC(CC(C)CC)c1cccc(Br)c1F. The van der Waals surface area contributed by atoms with Gasteiger partial charge in [-0.25, -0.2) is 4.39 Å². The molecule has 1 nitrogen and oxygen atoms in total. The highest BCUT2D eigenvalue weighted by Gasteiger charge is 2.18. The highest BCUT2D eigenvalue weighted by molar-refractivity contribution is 9.10. The number of hydrogen-bond acceptors (Lipinski definition) is 1. The molecular weight excluding hydrogens is 293 g/mol. The number of nitrogens with one attached hydrogen (secondary N) is 1. The minimum Gasteiger partial charge on any atom is -0.310 e. The number of hydrogen-bond donors (Lipinski definition) is 1. The van der Waals surface area contributed by atoms with Crippen LogP contribution in [0.4, 0.5) is 4.39 Å². The molecule has 0 fully saturated rings. The summed E-state index contributed by atoms with van der Waals surface area (Å²) in [6.07, 6.45) is 3.16. The summed E-state index contributed by atoms with van der Waals surface area (Å²) in [4.78, 5) is 0. The zero-order valence-electron chi connectivity index (χ0n) is 11.5. The van der Waals surface area contributed by atoms with Gasteiger partial charge in [-0.1, -0.05) is 39.3 Å². The molecule has 0 amide bonds. The Morgan fingerprint density at radius 3 is 2.67 bits per heavy atom. The van der Waals surface area contributed by atoms with Gasteiger partial charge in [0.15, 0.2) is 0 Å². The fourth-order valence-electron chi connectivity index (χ4n) is 2.00. The smallest absolute Gasteiger partial charge is 0.142 e. The van der Waals surface area contributed by atoms with Crippen LogP contribution in [0.2, 0.25) is 0 Å². The standard InChI is InChI=1S/C15H23BrFN/c1-4-9-18-14(10-11(3)5-2)12-7-6-8-13(16)15(12)17/h6-8,11,14,18H,4-5,9-10H2,1-3H3. The molecule has 0 saturated carbocycles. The van der Waals surface area contributed by atoms with E-state index in [1.807, 2.05) is 12.1 Å². The van der Waals surface area contributed by atoms with E-state index in [1.165, 1.54) is 0 Å². The van der Waals surface area contributed by atoms with Crippen LogP contribution in [-0.2, 0) is 0 Å². The molecule has 1 N–H and O–H groups in total. The molecule has 0 aliphatic heterocycles. The second kappa shape index (κ2) is 7.90. The zero-order valence-corrected chi connectivity index (χ0v) is 13.1. The van der Waals surface area contributed by atoms with Crippen LogP contribution in [0.25, 0.3) is 0 Å². The average molecular weight is 316 g/mol. The van der Waals surface area contributed by atoms with Gasteiger partial charge in [-0.2, -0.15) is 0 Å². The molecule has 102 valence electrons. The topological polar surface area (TPSA) is 12.0 Å². The molecule has 0 bridgehead atoms. The van der Waals surface area contributed by atoms with Gasteiger partial charge in [0.05, 0.1) is 4.47 Å². The predicted octanol–water partition coefficient (Wildman–Crippen LogP) is 5.07. The van der Waals surface area contributed by atoms with Crippen molar-refractivity contribution in [2.75, 3.05) is 6.54 Å². The van der Waals surface area contributed by atoms with Crippen LogP contribution < -0.4 is 5.32 Å². The first-order valence-corrected chi connectivity index (χ1v) is 7.56. The third-order valence-corrected chi connectivity index (χ3v) is 3.95. The lowest BCUT2D eigenvalue weighted by Gasteiger charge is -2.23. The molecule has 0 aliphatic rings. The minimum atomic E-state index is -0.130. The molecule has 0 aliphatic carbocycles. The maximum Gasteiger partial charge on any atom is 0.142 e. The van der Waals surface area contributed by atoms with Crippen LogP contribution in [0.15, 0.2) is 22.7 Å². The van der Waals surface area contributed by atoms with E-state index in [4.69, 9.17) is 0 Å². The lowest BCUT2D eigenvalue weighted by Crippen LogP contribution is -2.25. The summed E-state index contributed by atoms with van der Waals surface area (Å²) in [6.45, 7) is 7.45. The average Bonchev–Trinajstić information content (AvgIpc) is 2.37. The highest BCUT2D eigenvalue weighted by Crippen LogP contribution is 2.28. The van der Waals surface area contributed by atoms with E-state index in [1.54, 1.807) is 6.07 Å². The molecule has 1 aromatic carbocycles. The third-order valence-electron chi connectivity index (χ3n) is 3.33. The predicted molar refractivity (Wildman–Crippen MR) is 79.2 cm³/mol. The van der Waals surface area contributed by atoms with Gasteiger partial charge < -0.3 is 5.32 Å². The summed E-state index contributed by atoms with van der Waals surface area (Å²) in [7, 11) is 0. The Kier molecular flexibility index (Phi) is 6.87. The summed E-state index contributed by atoms with van der Waals surface area (Å²) < 4.78 is 14.7. The van der Waals surface area contributed by atoms with Gasteiger partial charge in [0.1, 0.15) is 5.82 Å². The van der Waals surface area contributed by atoms with Crippen LogP contribution in [0.1, 0.15) is 51.6 Å². The summed E-state index contributed by atoms with van der Waals surface area (Å²) in [6, 6.07) is 5.64. The molecule has 1 rings (SSSR count). The summed E-state index contributed by atoms with van der Waals surface area (Å²) in [5.41, 5.74) is 0.776. The van der Waals surface area contributed by atoms with Gasteiger partial charge in [-0.3, -0.25) is 0 Å². The molecule has 1 aromatic rings. The van der Waals surface area contributed by atoms with Crippen molar-refractivity contribution in [1.82, 2.24) is 5.32 Å². The fraction of sp³-hybridized carbons (Fsp3) is 0.600. The number of rotatable bonds is 7. The Bertz CT molecular complexity index is 368. The lowest BCUT2D eigenvalue weighted by atomic mass is 9.94. The quantitative estimate of drug-likeness (QED) is 0.741. The van der Waals surface area contributed by atoms with Gasteiger partial charge in [0, 0.05) is 11.6 Å². The van der Waals surface area contributed by atoms with Crippen molar-refractivity contribution >= 4 is 15.9 Å². The molecule has 2 atom stereocenters. The van der Waals surface area contributed by atoms with Gasteiger partial charge >= 0.3 is 0 Å². The Labute approximate surface area is 118 Å². The van der Waals surface area contributed by atoms with Crippen LogP contribution in [0.3, 0.4) is 0 Å². The first kappa shape index (κ1) is 15.6. The van der Waals surface area contributed by atoms with Crippen LogP contribution in [-0.4, -0.2) is 6.54 Å². The first-order chi connectivity index (χ1) is 8.60. The molecular formula is C15H23BrFN. The van der Waals surface area contributed by atoms with Crippen molar-refractivity contribution in [1.29, 1.82) is 0 Å². The largest absolute Gasteiger partial charge is 0.310 e. The van der Waals surface area contributed by atoms with Crippen LogP contribution >= 0.6 is 15.9 Å². The fourth-order valence-corrected chi connectivity index (χ4v) is 2.38. The maximum atomic E-state index is 14.1. The third kappa shape index (κ3) is 4.36.